The third-order valence-electron chi connectivity index (χ3n) is 6.88. The maximum absolute atomic E-state index is 5.43. The van der Waals surface area contributed by atoms with Crippen LogP contribution in [0.5, 0.6) is 0 Å². The second-order valence-corrected chi connectivity index (χ2v) is 9.79. The summed E-state index contributed by atoms with van der Waals surface area (Å²) < 4.78 is 7.74. The summed E-state index contributed by atoms with van der Waals surface area (Å²) in [6.45, 7) is 15.8. The van der Waals surface area contributed by atoms with Crippen molar-refractivity contribution >= 4 is 16.9 Å². The first-order valence-corrected chi connectivity index (χ1v) is 12.3. The summed E-state index contributed by atoms with van der Waals surface area (Å²) in [5.41, 5.74) is 8.09. The molecule has 178 valence electrons. The van der Waals surface area contributed by atoms with Crippen molar-refractivity contribution < 1.29 is 4.74 Å². The van der Waals surface area contributed by atoms with Crippen LogP contribution in [0.1, 0.15) is 56.5 Å². The molecule has 0 radical (unpaired) electrons. The molecule has 0 N–H and O–H groups in total. The van der Waals surface area contributed by atoms with Crippen molar-refractivity contribution in [2.75, 3.05) is 51.8 Å². The minimum absolute atomic E-state index is 0.261. The van der Waals surface area contributed by atoms with E-state index in [2.05, 4.69) is 80.4 Å². The van der Waals surface area contributed by atoms with Gasteiger partial charge in [0.1, 0.15) is 5.82 Å². The monoisotopic (exact) mass is 449 g/mol. The highest BCUT2D eigenvalue weighted by Crippen LogP contribution is 2.36. The van der Waals surface area contributed by atoms with Gasteiger partial charge in [-0.05, 0) is 62.6 Å². The number of fused-ring (bicyclic) bond motifs is 1. The van der Waals surface area contributed by atoms with Crippen LogP contribution in [0.2, 0.25) is 0 Å². The fourth-order valence-corrected chi connectivity index (χ4v) is 4.79. The van der Waals surface area contributed by atoms with E-state index in [1.807, 2.05) is 0 Å². The van der Waals surface area contributed by atoms with E-state index in [1.165, 1.54) is 16.6 Å². The maximum Gasteiger partial charge on any atom is 0.138 e. The molecule has 1 saturated heterocycles. The van der Waals surface area contributed by atoms with E-state index in [0.29, 0.717) is 12.5 Å². The molecule has 6 nitrogen and oxygen atoms in total. The molecular weight excluding hydrogens is 410 g/mol. The summed E-state index contributed by atoms with van der Waals surface area (Å²) in [7, 11) is 3.95. The topological polar surface area (TPSA) is 46.4 Å². The van der Waals surface area contributed by atoms with E-state index in [4.69, 9.17) is 14.7 Å². The number of rotatable bonds is 7. The second-order valence-electron chi connectivity index (χ2n) is 9.79. The molecule has 3 aromatic rings. The number of piperazine rings is 1. The molecule has 3 aromatic heterocycles. The first-order valence-electron chi connectivity index (χ1n) is 12.3. The molecule has 4 heterocycles. The fraction of sp³-hybridized carbons (Fsp3) is 0.556. The molecule has 0 aliphatic carbocycles. The summed E-state index contributed by atoms with van der Waals surface area (Å²) >= 11 is 0. The number of aryl methyl sites for hydroxylation is 2. The Morgan fingerprint density at radius 3 is 2.42 bits per heavy atom. The molecular formula is C27H39N5O. The standard InChI is InChI=1S/C27H39N5O/c1-8-21-15-24-25(19(4)16-32(24)20(5)17-33-7)29-26(21)22-9-10-23(18(2)3)28-27(22)31-13-11-30(6)12-14-31/h9-10,15-16,18,20H,8,11-14,17H2,1-7H3/t20-/m0/s1. The van der Waals surface area contributed by atoms with Gasteiger partial charge in [0.2, 0.25) is 0 Å². The smallest absolute Gasteiger partial charge is 0.138 e. The summed E-state index contributed by atoms with van der Waals surface area (Å²) in [4.78, 5) is 15.3. The van der Waals surface area contributed by atoms with Crippen molar-refractivity contribution in [3.8, 4) is 11.3 Å². The van der Waals surface area contributed by atoms with Crippen LogP contribution in [0.3, 0.4) is 0 Å². The number of aromatic nitrogens is 3. The minimum Gasteiger partial charge on any atom is -0.383 e. The van der Waals surface area contributed by atoms with Gasteiger partial charge in [0.25, 0.3) is 0 Å². The van der Waals surface area contributed by atoms with Crippen molar-refractivity contribution in [2.24, 2.45) is 0 Å². The fourth-order valence-electron chi connectivity index (χ4n) is 4.79. The number of hydrogen-bond donors (Lipinski definition) is 0. The van der Waals surface area contributed by atoms with Gasteiger partial charge in [0.05, 0.1) is 29.4 Å². The van der Waals surface area contributed by atoms with E-state index in [9.17, 15) is 0 Å². The highest BCUT2D eigenvalue weighted by molar-refractivity contribution is 5.86. The zero-order valence-electron chi connectivity index (χ0n) is 21.4. The zero-order valence-corrected chi connectivity index (χ0v) is 21.4. The van der Waals surface area contributed by atoms with Crippen LogP contribution >= 0.6 is 0 Å². The molecule has 6 heteroatoms. The molecule has 1 fully saturated rings. The first-order chi connectivity index (χ1) is 15.8. The van der Waals surface area contributed by atoms with Gasteiger partial charge in [0.15, 0.2) is 0 Å². The predicted octanol–water partition coefficient (Wildman–Crippen LogP) is 5.05. The Kier molecular flexibility index (Phi) is 7.05. The number of likely N-dealkylation sites (N-methyl/N-ethyl adjacent to an activating group) is 1. The van der Waals surface area contributed by atoms with E-state index in [1.54, 1.807) is 7.11 Å². The third-order valence-corrected chi connectivity index (χ3v) is 6.88. The van der Waals surface area contributed by atoms with Crippen LogP contribution in [-0.4, -0.2) is 66.4 Å². The minimum atomic E-state index is 0.261. The molecule has 0 spiro atoms. The SMILES string of the molecule is CCc1cc2c(nc1-c1ccc(C(C)C)nc1N1CCN(C)CC1)c(C)cn2[C@@H](C)COC. The van der Waals surface area contributed by atoms with Gasteiger partial charge in [-0.15, -0.1) is 0 Å². The Balaban J connectivity index is 1.88. The van der Waals surface area contributed by atoms with Gasteiger partial charge in [0, 0.05) is 50.7 Å². The number of nitrogens with zero attached hydrogens (tertiary/aromatic N) is 5. The first kappa shape index (κ1) is 23.7. The van der Waals surface area contributed by atoms with E-state index >= 15 is 0 Å². The quantitative estimate of drug-likeness (QED) is 0.505. The number of methoxy groups -OCH3 is 1. The number of anilines is 1. The summed E-state index contributed by atoms with van der Waals surface area (Å²) in [6.07, 6.45) is 3.14. The number of hydrogen-bond acceptors (Lipinski definition) is 5. The molecule has 0 saturated carbocycles. The lowest BCUT2D eigenvalue weighted by atomic mass is 10.0. The van der Waals surface area contributed by atoms with Crippen molar-refractivity contribution in [3.63, 3.8) is 0 Å². The van der Waals surface area contributed by atoms with Crippen LogP contribution in [0.25, 0.3) is 22.3 Å². The van der Waals surface area contributed by atoms with Crippen LogP contribution in [-0.2, 0) is 11.2 Å². The maximum atomic E-state index is 5.43. The molecule has 0 amide bonds. The Morgan fingerprint density at radius 2 is 1.79 bits per heavy atom. The largest absolute Gasteiger partial charge is 0.383 e. The zero-order chi connectivity index (χ0) is 23.7. The predicted molar refractivity (Wildman–Crippen MR) is 137 cm³/mol. The molecule has 0 bridgehead atoms. The van der Waals surface area contributed by atoms with E-state index in [-0.39, 0.29) is 6.04 Å². The highest BCUT2D eigenvalue weighted by atomic mass is 16.5. The lowest BCUT2D eigenvalue weighted by Gasteiger charge is -2.34. The summed E-state index contributed by atoms with van der Waals surface area (Å²) in [6, 6.07) is 7.03. The summed E-state index contributed by atoms with van der Waals surface area (Å²) in [5, 5.41) is 0. The van der Waals surface area contributed by atoms with Gasteiger partial charge in [-0.2, -0.15) is 0 Å². The van der Waals surface area contributed by atoms with E-state index in [0.717, 1.165) is 60.9 Å². The van der Waals surface area contributed by atoms with Crippen LogP contribution in [0.4, 0.5) is 5.82 Å². The average Bonchev–Trinajstić information content (AvgIpc) is 3.14. The molecule has 4 rings (SSSR count). The molecule has 1 aliphatic rings. The molecule has 1 atom stereocenters. The van der Waals surface area contributed by atoms with Gasteiger partial charge in [-0.3, -0.25) is 0 Å². The van der Waals surface area contributed by atoms with Gasteiger partial charge >= 0.3 is 0 Å². The molecule has 0 aromatic carbocycles. The third kappa shape index (κ3) is 4.64. The van der Waals surface area contributed by atoms with Crippen molar-refractivity contribution in [2.45, 2.75) is 53.0 Å². The highest BCUT2D eigenvalue weighted by Gasteiger charge is 2.23. The van der Waals surface area contributed by atoms with Gasteiger partial charge < -0.3 is 19.1 Å². The average molecular weight is 450 g/mol. The normalized spacial score (nSPS) is 16.2. The molecule has 33 heavy (non-hydrogen) atoms. The molecule has 0 unspecified atom stereocenters. The van der Waals surface area contributed by atoms with E-state index < -0.39 is 0 Å². The Bertz CT molecular complexity index is 1110. The Hall–Kier alpha value is -2.44. The van der Waals surface area contributed by atoms with Crippen molar-refractivity contribution in [1.29, 1.82) is 0 Å². The number of pyridine rings is 2. The van der Waals surface area contributed by atoms with Gasteiger partial charge in [-0.1, -0.05) is 20.8 Å². The van der Waals surface area contributed by atoms with Crippen molar-refractivity contribution in [1.82, 2.24) is 19.4 Å². The Labute approximate surface area is 198 Å². The lowest BCUT2D eigenvalue weighted by molar-refractivity contribution is 0.164. The molecule has 1 aliphatic heterocycles. The number of ether oxygens (including phenoxy) is 1. The second kappa shape index (κ2) is 9.82. The van der Waals surface area contributed by atoms with Crippen LogP contribution in [0.15, 0.2) is 24.4 Å². The van der Waals surface area contributed by atoms with Crippen molar-refractivity contribution in [3.05, 3.63) is 41.2 Å². The van der Waals surface area contributed by atoms with Crippen LogP contribution in [0, 0.1) is 6.92 Å². The van der Waals surface area contributed by atoms with Crippen LogP contribution < -0.4 is 4.90 Å². The van der Waals surface area contributed by atoms with Gasteiger partial charge in [-0.25, -0.2) is 9.97 Å². The Morgan fingerprint density at radius 1 is 1.06 bits per heavy atom. The lowest BCUT2D eigenvalue weighted by Crippen LogP contribution is -2.45. The summed E-state index contributed by atoms with van der Waals surface area (Å²) in [5.74, 6) is 1.48.